The van der Waals surface area contributed by atoms with E-state index in [0.29, 0.717) is 10.7 Å². The minimum absolute atomic E-state index is 0.0727. The van der Waals surface area contributed by atoms with Crippen LogP contribution in [0.1, 0.15) is 36.0 Å². The molecule has 1 N–H and O–H groups in total. The summed E-state index contributed by atoms with van der Waals surface area (Å²) >= 11 is 5.97. The zero-order valence-corrected chi connectivity index (χ0v) is 16.9. The van der Waals surface area contributed by atoms with Crippen molar-refractivity contribution in [2.45, 2.75) is 40.3 Å². The number of carbonyl (C=O) groups is 1. The molecule has 28 heavy (non-hydrogen) atoms. The summed E-state index contributed by atoms with van der Waals surface area (Å²) in [4.78, 5) is 16.9. The van der Waals surface area contributed by atoms with E-state index in [4.69, 9.17) is 11.6 Å². The van der Waals surface area contributed by atoms with Crippen LogP contribution in [0.15, 0.2) is 36.2 Å². The van der Waals surface area contributed by atoms with Crippen LogP contribution in [-0.2, 0) is 17.9 Å². The Morgan fingerprint density at radius 3 is 2.86 bits per heavy atom. The Bertz CT molecular complexity index is 1100. The normalized spacial score (nSPS) is 11.6. The van der Waals surface area contributed by atoms with Gasteiger partial charge in [0.2, 0.25) is 0 Å². The van der Waals surface area contributed by atoms with Crippen LogP contribution in [0.25, 0.3) is 11.7 Å². The van der Waals surface area contributed by atoms with Crippen molar-refractivity contribution < 1.29 is 4.79 Å². The highest BCUT2D eigenvalue weighted by Crippen LogP contribution is 2.19. The predicted molar refractivity (Wildman–Crippen MR) is 110 cm³/mol. The Morgan fingerprint density at radius 2 is 2.14 bits per heavy atom. The number of pyridine rings is 1. The van der Waals surface area contributed by atoms with Crippen molar-refractivity contribution in [1.29, 1.82) is 5.26 Å². The first-order valence-corrected chi connectivity index (χ1v) is 9.50. The van der Waals surface area contributed by atoms with Gasteiger partial charge in [-0.2, -0.15) is 5.26 Å². The van der Waals surface area contributed by atoms with Gasteiger partial charge in [-0.15, -0.1) is 0 Å². The third-order valence-corrected chi connectivity index (χ3v) is 4.84. The van der Waals surface area contributed by atoms with Crippen molar-refractivity contribution in [2.75, 3.05) is 0 Å². The number of nitriles is 1. The number of imidazole rings is 1. The van der Waals surface area contributed by atoms with Gasteiger partial charge in [0, 0.05) is 30.3 Å². The summed E-state index contributed by atoms with van der Waals surface area (Å²) in [5.74, 6) is -0.419. The topological polar surface area (TPSA) is 75.1 Å². The fourth-order valence-corrected chi connectivity index (χ4v) is 3.38. The molecule has 1 amide bonds. The van der Waals surface area contributed by atoms with Crippen LogP contribution >= 0.6 is 11.6 Å². The number of nitrogens with zero attached hydrogens (tertiary/aromatic N) is 4. The second-order valence-electron chi connectivity index (χ2n) is 6.68. The summed E-state index contributed by atoms with van der Waals surface area (Å²) in [5.41, 5.74) is 4.56. The summed E-state index contributed by atoms with van der Waals surface area (Å²) in [6.45, 7) is 7.30. The van der Waals surface area contributed by atoms with Gasteiger partial charge in [0.05, 0.1) is 17.3 Å². The van der Waals surface area contributed by atoms with Crippen molar-refractivity contribution >= 4 is 29.2 Å². The molecule has 0 atom stereocenters. The summed E-state index contributed by atoms with van der Waals surface area (Å²) in [5, 5.41) is 12.8. The quantitative estimate of drug-likeness (QED) is 0.505. The van der Waals surface area contributed by atoms with Crippen LogP contribution < -0.4 is 5.32 Å². The highest BCUT2D eigenvalue weighted by Gasteiger charge is 2.13. The molecule has 3 aromatic rings. The lowest BCUT2D eigenvalue weighted by molar-refractivity contribution is -0.117. The summed E-state index contributed by atoms with van der Waals surface area (Å²) in [6.07, 6.45) is 6.22. The van der Waals surface area contributed by atoms with Crippen molar-refractivity contribution in [3.8, 4) is 6.07 Å². The second-order valence-corrected chi connectivity index (χ2v) is 7.11. The summed E-state index contributed by atoms with van der Waals surface area (Å²) in [7, 11) is 0. The van der Waals surface area contributed by atoms with Crippen LogP contribution in [0.3, 0.4) is 0 Å². The van der Waals surface area contributed by atoms with E-state index >= 15 is 0 Å². The van der Waals surface area contributed by atoms with Gasteiger partial charge in [0.1, 0.15) is 17.3 Å². The molecule has 0 fully saturated rings. The van der Waals surface area contributed by atoms with E-state index in [0.717, 1.165) is 35.6 Å². The lowest BCUT2D eigenvalue weighted by atomic mass is 10.1. The third-order valence-electron chi connectivity index (χ3n) is 4.62. The van der Waals surface area contributed by atoms with E-state index in [9.17, 15) is 10.1 Å². The molecule has 0 unspecified atom stereocenters. The second kappa shape index (κ2) is 8.32. The maximum absolute atomic E-state index is 12.5. The molecule has 0 spiro atoms. The lowest BCUT2D eigenvalue weighted by Gasteiger charge is -2.07. The Labute approximate surface area is 169 Å². The number of carbonyl (C=O) groups excluding carboxylic acids is 1. The number of hydrogen-bond donors (Lipinski definition) is 1. The zero-order valence-electron chi connectivity index (χ0n) is 16.2. The molecule has 144 valence electrons. The first-order chi connectivity index (χ1) is 13.4. The van der Waals surface area contributed by atoms with E-state index < -0.39 is 5.91 Å². The van der Waals surface area contributed by atoms with Gasteiger partial charge >= 0.3 is 0 Å². The molecule has 0 saturated heterocycles. The van der Waals surface area contributed by atoms with Crippen LogP contribution in [0.5, 0.6) is 0 Å². The molecule has 0 aromatic carbocycles. The molecule has 0 saturated carbocycles. The molecule has 0 aliphatic heterocycles. The highest BCUT2D eigenvalue weighted by molar-refractivity contribution is 6.30. The minimum Gasteiger partial charge on any atom is -0.349 e. The van der Waals surface area contributed by atoms with Crippen LogP contribution in [-0.4, -0.2) is 19.9 Å². The largest absolute Gasteiger partial charge is 0.349 e. The highest BCUT2D eigenvalue weighted by atomic mass is 35.5. The van der Waals surface area contributed by atoms with Crippen LogP contribution in [0, 0.1) is 25.2 Å². The smallest absolute Gasteiger partial charge is 0.262 e. The SMILES string of the molecule is CCCn1c(C)cc(/C=C(\C#N)C(=O)NCc2cn3cc(Cl)ccc3n2)c1C. The monoisotopic (exact) mass is 395 g/mol. The van der Waals surface area contributed by atoms with Crippen molar-refractivity contribution in [2.24, 2.45) is 0 Å². The van der Waals surface area contributed by atoms with Crippen molar-refractivity contribution in [3.63, 3.8) is 0 Å². The number of halogens is 1. The van der Waals surface area contributed by atoms with E-state index in [2.05, 4.69) is 21.8 Å². The number of hydrogen-bond acceptors (Lipinski definition) is 3. The number of aryl methyl sites for hydroxylation is 1. The fraction of sp³-hybridized carbons (Fsp3) is 0.286. The molecule has 0 aliphatic carbocycles. The van der Waals surface area contributed by atoms with Gasteiger partial charge in [0.15, 0.2) is 0 Å². The molecule has 3 rings (SSSR count). The molecule has 0 radical (unpaired) electrons. The van der Waals surface area contributed by atoms with Gasteiger partial charge in [-0.25, -0.2) is 4.98 Å². The third kappa shape index (κ3) is 4.10. The number of fused-ring (bicyclic) bond motifs is 1. The number of nitrogens with one attached hydrogen (secondary N) is 1. The first kappa shape index (κ1) is 19.7. The van der Waals surface area contributed by atoms with Gasteiger partial charge in [-0.1, -0.05) is 18.5 Å². The molecule has 3 aromatic heterocycles. The predicted octanol–water partition coefficient (Wildman–Crippen LogP) is 4.04. The summed E-state index contributed by atoms with van der Waals surface area (Å²) in [6, 6.07) is 7.57. The van der Waals surface area contributed by atoms with Gasteiger partial charge < -0.3 is 14.3 Å². The average Bonchev–Trinajstić information content (AvgIpc) is 3.19. The van der Waals surface area contributed by atoms with Crippen molar-refractivity contribution in [1.82, 2.24) is 19.3 Å². The molecule has 6 nitrogen and oxygen atoms in total. The maximum atomic E-state index is 12.5. The van der Waals surface area contributed by atoms with E-state index in [1.165, 1.54) is 0 Å². The van der Waals surface area contributed by atoms with E-state index in [1.54, 1.807) is 35.0 Å². The fourth-order valence-electron chi connectivity index (χ4n) is 3.21. The molecular formula is C21H22ClN5O. The zero-order chi connectivity index (χ0) is 20.3. The standard InChI is InChI=1S/C21H22ClN5O/c1-4-7-27-14(2)8-16(15(27)3)9-17(10-23)21(28)24-11-19-13-26-12-18(22)5-6-20(26)25-19/h5-6,8-9,12-13H,4,7,11H2,1-3H3,(H,24,28)/b17-9+. The Morgan fingerprint density at radius 1 is 1.36 bits per heavy atom. The van der Waals surface area contributed by atoms with Crippen molar-refractivity contribution in [3.05, 3.63) is 63.8 Å². The van der Waals surface area contributed by atoms with Crippen LogP contribution in [0.2, 0.25) is 5.02 Å². The van der Waals surface area contributed by atoms with Crippen LogP contribution in [0.4, 0.5) is 0 Å². The van der Waals surface area contributed by atoms with Gasteiger partial charge in [-0.05, 0) is 50.1 Å². The molecule has 3 heterocycles. The molecule has 0 aliphatic rings. The molecule has 7 heteroatoms. The van der Waals surface area contributed by atoms with Gasteiger partial charge in [-0.3, -0.25) is 4.79 Å². The summed E-state index contributed by atoms with van der Waals surface area (Å²) < 4.78 is 3.99. The Kier molecular flexibility index (Phi) is 5.86. The first-order valence-electron chi connectivity index (χ1n) is 9.12. The maximum Gasteiger partial charge on any atom is 0.262 e. The number of aromatic nitrogens is 3. The average molecular weight is 396 g/mol. The van der Waals surface area contributed by atoms with Gasteiger partial charge in [0.25, 0.3) is 5.91 Å². The lowest BCUT2D eigenvalue weighted by Crippen LogP contribution is -2.24. The minimum atomic E-state index is -0.419. The number of amides is 1. The number of rotatable bonds is 6. The molecular weight excluding hydrogens is 374 g/mol. The Hall–Kier alpha value is -3.04. The molecule has 0 bridgehead atoms. The van der Waals surface area contributed by atoms with E-state index in [1.807, 2.05) is 26.0 Å². The Balaban J connectivity index is 1.75. The van der Waals surface area contributed by atoms with E-state index in [-0.39, 0.29) is 12.1 Å².